The molecule has 6 heteroatoms. The third kappa shape index (κ3) is 3.41. The molecule has 6 nitrogen and oxygen atoms in total. The van der Waals surface area contributed by atoms with Gasteiger partial charge in [-0.15, -0.1) is 0 Å². The van der Waals surface area contributed by atoms with Crippen LogP contribution in [0.4, 0.5) is 11.5 Å². The molecule has 1 fully saturated rings. The molecular weight excluding hydrogens is 292 g/mol. The van der Waals surface area contributed by atoms with Gasteiger partial charge in [0.2, 0.25) is 5.88 Å². The number of nitrogens with one attached hydrogen (secondary N) is 1. The number of hydrogen-bond donors (Lipinski definition) is 1. The number of rotatable bonds is 4. The number of aromatic nitrogens is 2. The Labute approximate surface area is 135 Å². The largest absolute Gasteiger partial charge is 0.480 e. The van der Waals surface area contributed by atoms with Gasteiger partial charge in [-0.1, -0.05) is 0 Å². The zero-order valence-corrected chi connectivity index (χ0v) is 13.0. The first kappa shape index (κ1) is 15.3. The lowest BCUT2D eigenvalue weighted by atomic mass is 10.1. The van der Waals surface area contributed by atoms with Crippen molar-refractivity contribution in [3.63, 3.8) is 0 Å². The van der Waals surface area contributed by atoms with E-state index in [-0.39, 0.29) is 6.10 Å². The van der Waals surface area contributed by atoms with Crippen molar-refractivity contribution >= 4 is 11.5 Å². The summed E-state index contributed by atoms with van der Waals surface area (Å²) in [7, 11) is 1.55. The fraction of sp³-hybridized carbons (Fsp3) is 0.353. The van der Waals surface area contributed by atoms with Crippen LogP contribution in [0.25, 0.3) is 0 Å². The van der Waals surface area contributed by atoms with Crippen molar-refractivity contribution < 1.29 is 9.47 Å². The molecular formula is C17H18N4O2. The second-order valence-corrected chi connectivity index (χ2v) is 5.28. The van der Waals surface area contributed by atoms with Gasteiger partial charge in [0, 0.05) is 12.8 Å². The molecule has 0 saturated carbocycles. The van der Waals surface area contributed by atoms with E-state index in [1.54, 1.807) is 25.4 Å². The third-order valence-corrected chi connectivity index (χ3v) is 3.76. The lowest BCUT2D eigenvalue weighted by molar-refractivity contribution is 0.0124. The highest BCUT2D eigenvalue weighted by Gasteiger charge is 2.19. The Kier molecular flexibility index (Phi) is 4.69. The van der Waals surface area contributed by atoms with E-state index in [2.05, 4.69) is 21.4 Å². The number of nitrogens with zero attached hydrogens (tertiary/aromatic N) is 3. The number of anilines is 2. The van der Waals surface area contributed by atoms with Crippen LogP contribution >= 0.6 is 0 Å². The van der Waals surface area contributed by atoms with Crippen LogP contribution in [0.15, 0.2) is 30.5 Å². The normalized spacial score (nSPS) is 17.3. The predicted molar refractivity (Wildman–Crippen MR) is 85.6 cm³/mol. The van der Waals surface area contributed by atoms with Gasteiger partial charge < -0.3 is 14.8 Å². The molecule has 1 saturated heterocycles. The quantitative estimate of drug-likeness (QED) is 0.933. The maximum Gasteiger partial charge on any atom is 0.237 e. The summed E-state index contributed by atoms with van der Waals surface area (Å²) >= 11 is 0. The fourth-order valence-corrected chi connectivity index (χ4v) is 2.59. The van der Waals surface area contributed by atoms with Crippen LogP contribution in [0.2, 0.25) is 0 Å². The third-order valence-electron chi connectivity index (χ3n) is 3.76. The Bertz CT molecular complexity index is 721. The molecule has 23 heavy (non-hydrogen) atoms. The summed E-state index contributed by atoms with van der Waals surface area (Å²) in [5, 5.41) is 12.5. The van der Waals surface area contributed by atoms with E-state index < -0.39 is 0 Å². The molecule has 0 radical (unpaired) electrons. The van der Waals surface area contributed by atoms with Crippen LogP contribution in [-0.4, -0.2) is 23.7 Å². The zero-order valence-electron chi connectivity index (χ0n) is 13.0. The topological polar surface area (TPSA) is 80.1 Å². The summed E-state index contributed by atoms with van der Waals surface area (Å²) < 4.78 is 11.0. The van der Waals surface area contributed by atoms with Crippen molar-refractivity contribution in [2.75, 3.05) is 19.0 Å². The minimum Gasteiger partial charge on any atom is -0.480 e. The average molecular weight is 310 g/mol. The molecule has 3 heterocycles. The summed E-state index contributed by atoms with van der Waals surface area (Å²) in [5.74, 6) is 0.947. The van der Waals surface area contributed by atoms with Gasteiger partial charge in [-0.05, 0) is 43.5 Å². The van der Waals surface area contributed by atoms with E-state index in [1.165, 1.54) is 0 Å². The smallest absolute Gasteiger partial charge is 0.237 e. The molecule has 0 aromatic carbocycles. The highest BCUT2D eigenvalue weighted by Crippen LogP contribution is 2.30. The summed E-state index contributed by atoms with van der Waals surface area (Å²) in [6, 6.07) is 9.42. The lowest BCUT2D eigenvalue weighted by Crippen LogP contribution is -2.13. The van der Waals surface area contributed by atoms with Gasteiger partial charge in [-0.3, -0.25) is 0 Å². The van der Waals surface area contributed by atoms with E-state index in [0.29, 0.717) is 22.9 Å². The molecule has 118 valence electrons. The van der Waals surface area contributed by atoms with Crippen molar-refractivity contribution in [2.24, 2.45) is 0 Å². The maximum absolute atomic E-state index is 9.32. The van der Waals surface area contributed by atoms with Gasteiger partial charge in [0.1, 0.15) is 17.6 Å². The Balaban J connectivity index is 1.92. The van der Waals surface area contributed by atoms with E-state index in [1.807, 2.05) is 12.1 Å². The van der Waals surface area contributed by atoms with Gasteiger partial charge in [0.25, 0.3) is 0 Å². The summed E-state index contributed by atoms with van der Waals surface area (Å²) in [4.78, 5) is 8.74. The molecule has 1 atom stereocenters. The molecule has 0 aliphatic carbocycles. The summed E-state index contributed by atoms with van der Waals surface area (Å²) in [6.07, 6.45) is 4.81. The first-order chi connectivity index (χ1) is 11.3. The summed E-state index contributed by atoms with van der Waals surface area (Å²) in [5.41, 5.74) is 1.98. The van der Waals surface area contributed by atoms with E-state index >= 15 is 0 Å². The molecule has 1 aliphatic rings. The standard InChI is InChI=1S/C17H18N4O2/c1-22-17-14(5-4-9-19-17)21-16-12(11-18)7-8-13(20-16)15-6-2-3-10-23-15/h4-5,7-9,15H,2-3,6,10H2,1H3,(H,20,21). The minimum absolute atomic E-state index is 0.00663. The minimum atomic E-state index is -0.00663. The molecule has 2 aromatic rings. The highest BCUT2D eigenvalue weighted by molar-refractivity contribution is 5.66. The van der Waals surface area contributed by atoms with Crippen LogP contribution in [0.1, 0.15) is 36.6 Å². The predicted octanol–water partition coefficient (Wildman–Crippen LogP) is 3.34. The molecule has 1 unspecified atom stereocenters. The Morgan fingerprint density at radius 3 is 3.00 bits per heavy atom. The SMILES string of the molecule is COc1ncccc1Nc1nc(C2CCCCO2)ccc1C#N. The Morgan fingerprint density at radius 1 is 1.35 bits per heavy atom. The van der Waals surface area contributed by atoms with Crippen LogP contribution in [0.5, 0.6) is 5.88 Å². The van der Waals surface area contributed by atoms with Crippen molar-refractivity contribution in [1.29, 1.82) is 5.26 Å². The molecule has 3 rings (SSSR count). The number of nitriles is 1. The van der Waals surface area contributed by atoms with Crippen molar-refractivity contribution in [3.05, 3.63) is 41.7 Å². The lowest BCUT2D eigenvalue weighted by Gasteiger charge is -2.22. The van der Waals surface area contributed by atoms with E-state index in [4.69, 9.17) is 9.47 Å². The van der Waals surface area contributed by atoms with Crippen LogP contribution in [0, 0.1) is 11.3 Å². The number of methoxy groups -OCH3 is 1. The van der Waals surface area contributed by atoms with Crippen molar-refractivity contribution in [1.82, 2.24) is 9.97 Å². The number of pyridine rings is 2. The first-order valence-corrected chi connectivity index (χ1v) is 7.60. The van der Waals surface area contributed by atoms with E-state index in [0.717, 1.165) is 31.6 Å². The number of ether oxygens (including phenoxy) is 2. The second-order valence-electron chi connectivity index (χ2n) is 5.28. The maximum atomic E-state index is 9.32. The molecule has 2 aromatic heterocycles. The first-order valence-electron chi connectivity index (χ1n) is 7.60. The Morgan fingerprint density at radius 2 is 2.26 bits per heavy atom. The molecule has 1 aliphatic heterocycles. The molecule has 0 bridgehead atoms. The van der Waals surface area contributed by atoms with Crippen molar-refractivity contribution in [3.8, 4) is 11.9 Å². The van der Waals surface area contributed by atoms with Gasteiger partial charge in [0.15, 0.2) is 0 Å². The zero-order chi connectivity index (χ0) is 16.1. The summed E-state index contributed by atoms with van der Waals surface area (Å²) in [6.45, 7) is 0.755. The van der Waals surface area contributed by atoms with Gasteiger partial charge >= 0.3 is 0 Å². The van der Waals surface area contributed by atoms with E-state index in [9.17, 15) is 5.26 Å². The molecule has 1 N–H and O–H groups in total. The fourth-order valence-electron chi connectivity index (χ4n) is 2.59. The second kappa shape index (κ2) is 7.07. The highest BCUT2D eigenvalue weighted by atomic mass is 16.5. The monoisotopic (exact) mass is 310 g/mol. The van der Waals surface area contributed by atoms with Gasteiger partial charge in [-0.25, -0.2) is 9.97 Å². The van der Waals surface area contributed by atoms with Crippen molar-refractivity contribution in [2.45, 2.75) is 25.4 Å². The van der Waals surface area contributed by atoms with Crippen LogP contribution in [0.3, 0.4) is 0 Å². The van der Waals surface area contributed by atoms with Crippen LogP contribution < -0.4 is 10.1 Å². The van der Waals surface area contributed by atoms with Gasteiger partial charge in [0.05, 0.1) is 24.5 Å². The average Bonchev–Trinajstić information content (AvgIpc) is 2.63. The number of hydrogen-bond acceptors (Lipinski definition) is 6. The Hall–Kier alpha value is -2.65. The van der Waals surface area contributed by atoms with Gasteiger partial charge in [-0.2, -0.15) is 5.26 Å². The van der Waals surface area contributed by atoms with Crippen LogP contribution in [-0.2, 0) is 4.74 Å². The molecule has 0 spiro atoms. The molecule has 0 amide bonds.